The minimum atomic E-state index is -0.869. The number of halogens is 1. The van der Waals surface area contributed by atoms with Gasteiger partial charge in [-0.2, -0.15) is 0 Å². The van der Waals surface area contributed by atoms with E-state index in [1.165, 1.54) is 0 Å². The van der Waals surface area contributed by atoms with E-state index >= 15 is 0 Å². The molecule has 2 aromatic rings. The number of anilines is 1. The Labute approximate surface area is 197 Å². The number of esters is 1. The molecule has 1 aromatic heterocycles. The summed E-state index contributed by atoms with van der Waals surface area (Å²) in [6, 6.07) is 6.72. The fraction of sp³-hybridized carbons (Fsp3) is 0.435. The van der Waals surface area contributed by atoms with E-state index in [9.17, 15) is 14.4 Å². The van der Waals surface area contributed by atoms with Gasteiger partial charge >= 0.3 is 5.97 Å². The van der Waals surface area contributed by atoms with E-state index in [0.717, 1.165) is 11.3 Å². The van der Waals surface area contributed by atoms with Crippen molar-refractivity contribution in [1.82, 2.24) is 4.90 Å². The monoisotopic (exact) mass is 480 g/mol. The molecule has 0 fully saturated rings. The molecule has 2 rings (SSSR count). The maximum atomic E-state index is 13.0. The lowest BCUT2D eigenvalue weighted by Gasteiger charge is -2.18. The fourth-order valence-corrected chi connectivity index (χ4v) is 4.34. The standard InChI is InChI=1S/C23H29ClN2O5S/c1-7-26(8-2)22(28)19-14(5)18(23(29)30-13(3)4)21(32-19)25-20(27)15(6)31-17-11-9-10-16(24)12-17/h9-13,15H,7-8H2,1-6H3,(H,25,27). The minimum absolute atomic E-state index is 0.183. The Hall–Kier alpha value is -2.58. The molecule has 174 valence electrons. The summed E-state index contributed by atoms with van der Waals surface area (Å²) < 4.78 is 11.0. The summed E-state index contributed by atoms with van der Waals surface area (Å²) in [5.41, 5.74) is 0.666. The number of ether oxygens (including phenoxy) is 2. The predicted octanol–water partition coefficient (Wildman–Crippen LogP) is 5.16. The molecule has 1 N–H and O–H groups in total. The highest BCUT2D eigenvalue weighted by Gasteiger charge is 2.29. The highest BCUT2D eigenvalue weighted by molar-refractivity contribution is 7.18. The van der Waals surface area contributed by atoms with Crippen LogP contribution in [0.2, 0.25) is 5.02 Å². The third-order valence-electron chi connectivity index (χ3n) is 4.65. The first-order valence-electron chi connectivity index (χ1n) is 10.5. The van der Waals surface area contributed by atoms with Crippen LogP contribution in [-0.4, -0.2) is 48.0 Å². The minimum Gasteiger partial charge on any atom is -0.481 e. The molecule has 0 aliphatic rings. The Balaban J connectivity index is 2.35. The summed E-state index contributed by atoms with van der Waals surface area (Å²) in [4.78, 5) is 40.6. The van der Waals surface area contributed by atoms with Gasteiger partial charge < -0.3 is 19.7 Å². The smallest absolute Gasteiger partial charge is 0.341 e. The molecule has 0 aliphatic carbocycles. The topological polar surface area (TPSA) is 84.9 Å². The molecule has 9 heteroatoms. The van der Waals surface area contributed by atoms with Crippen molar-refractivity contribution in [3.63, 3.8) is 0 Å². The van der Waals surface area contributed by atoms with Gasteiger partial charge in [-0.05, 0) is 65.3 Å². The zero-order valence-electron chi connectivity index (χ0n) is 19.2. The third-order valence-corrected chi connectivity index (χ3v) is 6.08. The first kappa shape index (κ1) is 25.7. The number of carbonyl (C=O) groups excluding carboxylic acids is 3. The van der Waals surface area contributed by atoms with Crippen LogP contribution >= 0.6 is 22.9 Å². The number of hydrogen-bond donors (Lipinski definition) is 1. The van der Waals surface area contributed by atoms with Crippen LogP contribution in [-0.2, 0) is 9.53 Å². The van der Waals surface area contributed by atoms with Crippen LogP contribution in [0.25, 0.3) is 0 Å². The molecule has 0 spiro atoms. The van der Waals surface area contributed by atoms with E-state index in [1.54, 1.807) is 56.9 Å². The van der Waals surface area contributed by atoms with Gasteiger partial charge in [0.05, 0.1) is 16.5 Å². The Morgan fingerprint density at radius 3 is 2.38 bits per heavy atom. The molecule has 0 saturated carbocycles. The number of nitrogens with one attached hydrogen (secondary N) is 1. The second-order valence-electron chi connectivity index (χ2n) is 7.40. The van der Waals surface area contributed by atoms with Gasteiger partial charge in [-0.3, -0.25) is 9.59 Å². The highest BCUT2D eigenvalue weighted by Crippen LogP contribution is 2.35. The van der Waals surface area contributed by atoms with Crippen LogP contribution < -0.4 is 10.1 Å². The number of benzene rings is 1. The number of nitrogens with zero attached hydrogens (tertiary/aromatic N) is 1. The van der Waals surface area contributed by atoms with E-state index in [4.69, 9.17) is 21.1 Å². The summed E-state index contributed by atoms with van der Waals surface area (Å²) in [6.07, 6.45) is -1.22. The van der Waals surface area contributed by atoms with Gasteiger partial charge in [0.2, 0.25) is 0 Å². The summed E-state index contributed by atoms with van der Waals surface area (Å²) in [5, 5.41) is 3.49. The summed E-state index contributed by atoms with van der Waals surface area (Å²) in [5.74, 6) is -0.808. The Bertz CT molecular complexity index is 985. The number of rotatable bonds is 9. The molecule has 1 atom stereocenters. The number of thiophene rings is 1. The molecule has 32 heavy (non-hydrogen) atoms. The van der Waals surface area contributed by atoms with E-state index in [2.05, 4.69) is 5.32 Å². The molecule has 0 saturated heterocycles. The van der Waals surface area contributed by atoms with Crippen LogP contribution in [0.4, 0.5) is 5.00 Å². The zero-order valence-corrected chi connectivity index (χ0v) is 20.7. The highest BCUT2D eigenvalue weighted by atomic mass is 35.5. The van der Waals surface area contributed by atoms with Crippen molar-refractivity contribution in [2.75, 3.05) is 18.4 Å². The molecular formula is C23H29ClN2O5S. The number of hydrogen-bond acceptors (Lipinski definition) is 6. The predicted molar refractivity (Wildman–Crippen MR) is 127 cm³/mol. The first-order chi connectivity index (χ1) is 15.1. The van der Waals surface area contributed by atoms with E-state index in [0.29, 0.717) is 34.3 Å². The lowest BCUT2D eigenvalue weighted by molar-refractivity contribution is -0.122. The molecule has 0 aliphatic heterocycles. The van der Waals surface area contributed by atoms with Crippen LogP contribution in [0.3, 0.4) is 0 Å². The molecule has 0 radical (unpaired) electrons. The molecule has 7 nitrogen and oxygen atoms in total. The lowest BCUT2D eigenvalue weighted by atomic mass is 10.1. The summed E-state index contributed by atoms with van der Waals surface area (Å²) in [6.45, 7) is 11.6. The van der Waals surface area contributed by atoms with Crippen molar-refractivity contribution in [3.8, 4) is 5.75 Å². The maximum absolute atomic E-state index is 13.0. The second kappa shape index (κ2) is 11.3. The van der Waals surface area contributed by atoms with Gasteiger partial charge in [0.25, 0.3) is 11.8 Å². The summed E-state index contributed by atoms with van der Waals surface area (Å²) in [7, 11) is 0. The van der Waals surface area contributed by atoms with E-state index < -0.39 is 18.0 Å². The molecule has 0 bridgehead atoms. The molecule has 2 amide bonds. The van der Waals surface area contributed by atoms with Gasteiger partial charge in [0, 0.05) is 18.1 Å². The largest absolute Gasteiger partial charge is 0.481 e. The van der Waals surface area contributed by atoms with E-state index in [1.807, 2.05) is 13.8 Å². The quantitative estimate of drug-likeness (QED) is 0.501. The van der Waals surface area contributed by atoms with Gasteiger partial charge in [-0.1, -0.05) is 17.7 Å². The average Bonchev–Trinajstić information content (AvgIpc) is 3.04. The molecule has 1 unspecified atom stereocenters. The molecule has 1 heterocycles. The summed E-state index contributed by atoms with van der Waals surface area (Å²) >= 11 is 7.03. The van der Waals surface area contributed by atoms with Crippen molar-refractivity contribution in [2.24, 2.45) is 0 Å². The van der Waals surface area contributed by atoms with Gasteiger partial charge in [-0.25, -0.2) is 4.79 Å². The van der Waals surface area contributed by atoms with Crippen molar-refractivity contribution in [1.29, 1.82) is 0 Å². The average molecular weight is 481 g/mol. The Morgan fingerprint density at radius 1 is 1.16 bits per heavy atom. The first-order valence-corrected chi connectivity index (χ1v) is 11.6. The van der Waals surface area contributed by atoms with Crippen LogP contribution in [0, 0.1) is 6.92 Å². The van der Waals surface area contributed by atoms with Crippen molar-refractivity contribution in [2.45, 2.75) is 53.8 Å². The maximum Gasteiger partial charge on any atom is 0.341 e. The van der Waals surface area contributed by atoms with Crippen LogP contribution in [0.5, 0.6) is 5.75 Å². The Morgan fingerprint density at radius 2 is 1.81 bits per heavy atom. The van der Waals surface area contributed by atoms with Crippen LogP contribution in [0.15, 0.2) is 24.3 Å². The molecular weight excluding hydrogens is 452 g/mol. The molecule has 1 aromatic carbocycles. The van der Waals surface area contributed by atoms with Gasteiger partial charge in [0.1, 0.15) is 10.8 Å². The lowest BCUT2D eigenvalue weighted by Crippen LogP contribution is -2.30. The van der Waals surface area contributed by atoms with Crippen molar-refractivity contribution in [3.05, 3.63) is 45.3 Å². The van der Waals surface area contributed by atoms with Crippen molar-refractivity contribution >= 4 is 45.7 Å². The SMILES string of the molecule is CCN(CC)C(=O)c1sc(NC(=O)C(C)Oc2cccc(Cl)c2)c(C(=O)OC(C)C)c1C. The Kier molecular flexibility index (Phi) is 9.09. The number of amides is 2. The normalized spacial score (nSPS) is 11.8. The fourth-order valence-electron chi connectivity index (χ4n) is 2.99. The van der Waals surface area contributed by atoms with Crippen molar-refractivity contribution < 1.29 is 23.9 Å². The third kappa shape index (κ3) is 6.23. The number of carbonyl (C=O) groups is 3. The van der Waals surface area contributed by atoms with Gasteiger partial charge in [0.15, 0.2) is 6.10 Å². The zero-order chi connectivity index (χ0) is 24.0. The van der Waals surface area contributed by atoms with Gasteiger partial charge in [-0.15, -0.1) is 11.3 Å². The van der Waals surface area contributed by atoms with E-state index in [-0.39, 0.29) is 22.6 Å². The van der Waals surface area contributed by atoms with Crippen LogP contribution in [0.1, 0.15) is 60.2 Å². The second-order valence-corrected chi connectivity index (χ2v) is 8.86.